The molecule has 0 aliphatic carbocycles. The monoisotopic (exact) mass is 189 g/mol. The summed E-state index contributed by atoms with van der Waals surface area (Å²) in [6.45, 7) is 2.05. The fourth-order valence-electron chi connectivity index (χ4n) is 1.04. The van der Waals surface area contributed by atoms with E-state index in [0.717, 1.165) is 25.7 Å². The lowest BCUT2D eigenvalue weighted by Gasteiger charge is -1.87. The van der Waals surface area contributed by atoms with Crippen molar-refractivity contribution in [3.05, 3.63) is 36.5 Å². The average Bonchev–Trinajstić information content (AvgIpc) is 2.21. The third-order valence-corrected chi connectivity index (χ3v) is 1.78. The summed E-state index contributed by atoms with van der Waals surface area (Å²) in [6.07, 6.45) is 17.6. The van der Waals surface area contributed by atoms with Crippen molar-refractivity contribution in [2.45, 2.75) is 39.0 Å². The molecule has 0 aromatic carbocycles. The van der Waals surface area contributed by atoms with Crippen LogP contribution in [0.1, 0.15) is 39.0 Å². The van der Waals surface area contributed by atoms with E-state index in [1.165, 1.54) is 0 Å². The van der Waals surface area contributed by atoms with Crippen molar-refractivity contribution in [2.24, 2.45) is 0 Å². The first-order valence-electron chi connectivity index (χ1n) is 5.20. The molecule has 0 aliphatic rings. The Balaban J connectivity index is 3.23. The van der Waals surface area contributed by atoms with E-state index < -0.39 is 0 Å². The van der Waals surface area contributed by atoms with Crippen LogP contribution in [-0.4, -0.2) is 0 Å². The lowest BCUT2D eigenvalue weighted by molar-refractivity contribution is 1.00. The molecule has 0 N–H and O–H groups in total. The van der Waals surface area contributed by atoms with Gasteiger partial charge in [0.2, 0.25) is 0 Å². The van der Waals surface area contributed by atoms with Crippen molar-refractivity contribution in [1.29, 1.82) is 5.26 Å². The fourth-order valence-corrected chi connectivity index (χ4v) is 1.04. The van der Waals surface area contributed by atoms with Crippen molar-refractivity contribution in [1.82, 2.24) is 0 Å². The zero-order valence-corrected chi connectivity index (χ0v) is 8.95. The quantitative estimate of drug-likeness (QED) is 0.436. The minimum absolute atomic E-state index is 0.533. The Morgan fingerprint density at radius 3 is 1.86 bits per heavy atom. The van der Waals surface area contributed by atoms with Crippen LogP contribution >= 0.6 is 0 Å². The molecule has 1 nitrogen and oxygen atoms in total. The maximum Gasteiger partial charge on any atom is 0.0663 e. The molecule has 0 aromatic heterocycles. The Hall–Kier alpha value is -1.29. The molecule has 0 radical (unpaired) electrons. The molecule has 0 bridgehead atoms. The highest BCUT2D eigenvalue weighted by Gasteiger charge is 1.78. The van der Waals surface area contributed by atoms with E-state index in [0.29, 0.717) is 6.42 Å². The Kier molecular flexibility index (Phi) is 10.6. The van der Waals surface area contributed by atoms with Gasteiger partial charge >= 0.3 is 0 Å². The average molecular weight is 189 g/mol. The van der Waals surface area contributed by atoms with Crippen molar-refractivity contribution in [3.8, 4) is 6.07 Å². The predicted molar refractivity (Wildman–Crippen MR) is 61.8 cm³/mol. The molecule has 0 heterocycles. The molecular formula is C13H19N. The Morgan fingerprint density at radius 1 is 0.857 bits per heavy atom. The van der Waals surface area contributed by atoms with Gasteiger partial charge in [0.15, 0.2) is 0 Å². The summed E-state index contributed by atoms with van der Waals surface area (Å²) in [5, 5.41) is 8.27. The van der Waals surface area contributed by atoms with Crippen LogP contribution < -0.4 is 0 Å². The van der Waals surface area contributed by atoms with Crippen LogP contribution in [0.3, 0.4) is 0 Å². The molecule has 0 fully saturated rings. The molecule has 14 heavy (non-hydrogen) atoms. The molecule has 0 spiro atoms. The maximum atomic E-state index is 8.27. The summed E-state index contributed by atoms with van der Waals surface area (Å²) in [4.78, 5) is 0. The third kappa shape index (κ3) is 10.7. The SMILES string of the molecule is C/C=C/CC/C=C/CC/C=C/CC#N. The van der Waals surface area contributed by atoms with Gasteiger partial charge in [-0.15, -0.1) is 0 Å². The molecule has 0 aromatic rings. The van der Waals surface area contributed by atoms with Gasteiger partial charge in [0.05, 0.1) is 12.5 Å². The largest absolute Gasteiger partial charge is 0.198 e. The summed E-state index contributed by atoms with van der Waals surface area (Å²) in [5.74, 6) is 0. The number of hydrogen-bond acceptors (Lipinski definition) is 1. The second-order valence-electron chi connectivity index (χ2n) is 3.03. The number of rotatable bonds is 7. The molecule has 76 valence electrons. The van der Waals surface area contributed by atoms with Gasteiger partial charge in [-0.1, -0.05) is 36.5 Å². The van der Waals surface area contributed by atoms with Gasteiger partial charge in [0, 0.05) is 0 Å². The van der Waals surface area contributed by atoms with Gasteiger partial charge in [0.25, 0.3) is 0 Å². The molecular weight excluding hydrogens is 170 g/mol. The zero-order chi connectivity index (χ0) is 10.5. The molecule has 0 amide bonds. The molecule has 1 heteroatoms. The highest BCUT2D eigenvalue weighted by Crippen LogP contribution is 1.98. The predicted octanol–water partition coefficient (Wildman–Crippen LogP) is 4.15. The highest BCUT2D eigenvalue weighted by atomic mass is 14.2. The Labute approximate surface area is 87.4 Å². The first kappa shape index (κ1) is 12.7. The normalized spacial score (nSPS) is 11.7. The van der Waals surface area contributed by atoms with Crippen LogP contribution in [0.15, 0.2) is 36.5 Å². The van der Waals surface area contributed by atoms with E-state index >= 15 is 0 Å². The standard InChI is InChI=1S/C13H19N/c1-2-3-4-5-6-7-8-9-10-11-12-13-14/h2-3,6-7,10-11H,4-5,8-9,12H2,1H3/b3-2+,7-6+,11-10+. The molecule has 0 saturated carbocycles. The van der Waals surface area contributed by atoms with Crippen molar-refractivity contribution >= 4 is 0 Å². The van der Waals surface area contributed by atoms with E-state index in [9.17, 15) is 0 Å². The maximum absolute atomic E-state index is 8.27. The van der Waals surface area contributed by atoms with Gasteiger partial charge < -0.3 is 0 Å². The molecule has 0 saturated heterocycles. The van der Waals surface area contributed by atoms with Crippen LogP contribution in [0.4, 0.5) is 0 Å². The molecule has 0 atom stereocenters. The highest BCUT2D eigenvalue weighted by molar-refractivity contribution is 4.93. The molecule has 0 aliphatic heterocycles. The topological polar surface area (TPSA) is 23.8 Å². The van der Waals surface area contributed by atoms with Gasteiger partial charge in [-0.3, -0.25) is 0 Å². The summed E-state index contributed by atoms with van der Waals surface area (Å²) in [6, 6.07) is 2.08. The second-order valence-corrected chi connectivity index (χ2v) is 3.03. The summed E-state index contributed by atoms with van der Waals surface area (Å²) in [7, 11) is 0. The summed E-state index contributed by atoms with van der Waals surface area (Å²) in [5.41, 5.74) is 0. The summed E-state index contributed by atoms with van der Waals surface area (Å²) >= 11 is 0. The first-order chi connectivity index (χ1) is 6.91. The Morgan fingerprint density at radius 2 is 1.36 bits per heavy atom. The van der Waals surface area contributed by atoms with Gasteiger partial charge in [-0.05, 0) is 32.6 Å². The van der Waals surface area contributed by atoms with Crippen LogP contribution in [0.5, 0.6) is 0 Å². The van der Waals surface area contributed by atoms with E-state index in [1.807, 2.05) is 13.0 Å². The van der Waals surface area contributed by atoms with E-state index in [4.69, 9.17) is 5.26 Å². The van der Waals surface area contributed by atoms with E-state index in [2.05, 4.69) is 36.4 Å². The molecule has 0 rings (SSSR count). The molecule has 0 unspecified atom stereocenters. The summed E-state index contributed by atoms with van der Waals surface area (Å²) < 4.78 is 0. The number of allylic oxidation sites excluding steroid dienone is 6. The van der Waals surface area contributed by atoms with Crippen LogP contribution in [-0.2, 0) is 0 Å². The lowest BCUT2D eigenvalue weighted by atomic mass is 10.2. The van der Waals surface area contributed by atoms with Crippen LogP contribution in [0.2, 0.25) is 0 Å². The second kappa shape index (κ2) is 11.7. The van der Waals surface area contributed by atoms with Crippen LogP contribution in [0.25, 0.3) is 0 Å². The minimum Gasteiger partial charge on any atom is -0.198 e. The number of unbranched alkanes of at least 4 members (excludes halogenated alkanes) is 2. The lowest BCUT2D eigenvalue weighted by Crippen LogP contribution is -1.67. The number of nitriles is 1. The van der Waals surface area contributed by atoms with Gasteiger partial charge in [-0.25, -0.2) is 0 Å². The minimum atomic E-state index is 0.533. The number of nitrogens with zero attached hydrogens (tertiary/aromatic N) is 1. The Bertz CT molecular complexity index is 228. The van der Waals surface area contributed by atoms with Crippen LogP contribution in [0, 0.1) is 11.3 Å². The van der Waals surface area contributed by atoms with Crippen molar-refractivity contribution in [2.75, 3.05) is 0 Å². The fraction of sp³-hybridized carbons (Fsp3) is 0.462. The first-order valence-corrected chi connectivity index (χ1v) is 5.20. The van der Waals surface area contributed by atoms with E-state index in [1.54, 1.807) is 0 Å². The third-order valence-electron chi connectivity index (χ3n) is 1.78. The van der Waals surface area contributed by atoms with Crippen molar-refractivity contribution in [3.63, 3.8) is 0 Å². The smallest absolute Gasteiger partial charge is 0.0663 e. The van der Waals surface area contributed by atoms with Gasteiger partial charge in [-0.2, -0.15) is 5.26 Å². The number of hydrogen-bond donors (Lipinski definition) is 0. The van der Waals surface area contributed by atoms with Crippen molar-refractivity contribution < 1.29 is 0 Å². The zero-order valence-electron chi connectivity index (χ0n) is 8.95. The van der Waals surface area contributed by atoms with Gasteiger partial charge in [0.1, 0.15) is 0 Å². The van der Waals surface area contributed by atoms with E-state index in [-0.39, 0.29) is 0 Å².